The Bertz CT molecular complexity index is 845. The summed E-state index contributed by atoms with van der Waals surface area (Å²) in [5.74, 6) is 0.0588. The van der Waals surface area contributed by atoms with Crippen LogP contribution in [0.2, 0.25) is 0 Å². The first-order valence-corrected chi connectivity index (χ1v) is 9.89. The maximum absolute atomic E-state index is 12.7. The van der Waals surface area contributed by atoms with Gasteiger partial charge in [0.15, 0.2) is 6.10 Å². The first-order valence-electron chi connectivity index (χ1n) is 9.89. The summed E-state index contributed by atoms with van der Waals surface area (Å²) in [4.78, 5) is 29.1. The first-order chi connectivity index (χ1) is 14.0. The molecule has 1 aliphatic rings. The van der Waals surface area contributed by atoms with Crippen LogP contribution < -0.4 is 9.64 Å². The lowest BCUT2D eigenvalue weighted by Crippen LogP contribution is -2.51. The van der Waals surface area contributed by atoms with Gasteiger partial charge in [-0.25, -0.2) is 0 Å². The predicted molar refractivity (Wildman–Crippen MR) is 112 cm³/mol. The molecular weight excluding hydrogens is 368 g/mol. The van der Waals surface area contributed by atoms with Gasteiger partial charge in [-0.1, -0.05) is 35.9 Å². The summed E-state index contributed by atoms with van der Waals surface area (Å²) in [6.45, 7) is 6.34. The molecule has 3 rings (SSSR count). The fourth-order valence-electron chi connectivity index (χ4n) is 3.57. The van der Waals surface area contributed by atoms with Gasteiger partial charge in [-0.15, -0.1) is 0 Å². The molecule has 2 aromatic carbocycles. The van der Waals surface area contributed by atoms with E-state index in [1.165, 1.54) is 0 Å². The van der Waals surface area contributed by atoms with E-state index in [2.05, 4.69) is 17.0 Å². The average molecular weight is 396 g/mol. The number of ether oxygens (including phenoxy) is 2. The number of hydrogen-bond donors (Lipinski definition) is 0. The Balaban J connectivity index is 1.52. The molecule has 0 N–H and O–H groups in total. The van der Waals surface area contributed by atoms with Gasteiger partial charge in [-0.3, -0.25) is 9.59 Å². The smallest absolute Gasteiger partial charge is 0.311 e. The second kappa shape index (κ2) is 9.45. The highest BCUT2D eigenvalue weighted by Crippen LogP contribution is 2.21. The second-order valence-electron chi connectivity index (χ2n) is 7.27. The molecule has 1 fully saturated rings. The minimum absolute atomic E-state index is 0.0737. The Morgan fingerprint density at radius 2 is 1.72 bits per heavy atom. The fourth-order valence-corrected chi connectivity index (χ4v) is 3.57. The van der Waals surface area contributed by atoms with Crippen molar-refractivity contribution in [2.75, 3.05) is 38.2 Å². The van der Waals surface area contributed by atoms with Gasteiger partial charge in [-0.2, -0.15) is 0 Å². The van der Waals surface area contributed by atoms with Gasteiger partial charge in [0.05, 0.1) is 13.5 Å². The second-order valence-corrected chi connectivity index (χ2v) is 7.27. The molecule has 1 heterocycles. The first kappa shape index (κ1) is 20.7. The molecule has 154 valence electrons. The molecule has 0 radical (unpaired) electrons. The van der Waals surface area contributed by atoms with E-state index in [0.717, 1.165) is 29.9 Å². The number of amides is 1. The van der Waals surface area contributed by atoms with Crippen molar-refractivity contribution in [3.8, 4) is 5.75 Å². The van der Waals surface area contributed by atoms with Crippen LogP contribution in [0.15, 0.2) is 48.5 Å². The van der Waals surface area contributed by atoms with Crippen LogP contribution in [0.3, 0.4) is 0 Å². The van der Waals surface area contributed by atoms with Crippen molar-refractivity contribution in [2.45, 2.75) is 26.4 Å². The maximum Gasteiger partial charge on any atom is 0.311 e. The molecule has 1 atom stereocenters. The minimum atomic E-state index is -0.804. The normalized spacial score (nSPS) is 15.0. The molecule has 0 aromatic heterocycles. The summed E-state index contributed by atoms with van der Waals surface area (Å²) >= 11 is 0. The highest BCUT2D eigenvalue weighted by molar-refractivity contribution is 5.84. The lowest BCUT2D eigenvalue weighted by molar-refractivity contribution is -0.158. The van der Waals surface area contributed by atoms with Crippen molar-refractivity contribution in [1.29, 1.82) is 0 Å². The van der Waals surface area contributed by atoms with E-state index in [4.69, 9.17) is 9.47 Å². The summed E-state index contributed by atoms with van der Waals surface area (Å²) in [6, 6.07) is 15.8. The summed E-state index contributed by atoms with van der Waals surface area (Å²) in [7, 11) is 1.57. The van der Waals surface area contributed by atoms with Gasteiger partial charge in [-0.05, 0) is 32.0 Å². The standard InChI is InChI=1S/C23H28N2O4/c1-17-9-10-21(28-3)19(15-17)16-22(26)29-18(2)23(27)25-13-11-24(12-14-25)20-7-5-4-6-8-20/h4-10,15,18H,11-14,16H2,1-3H3/t18-/m1/s1. The van der Waals surface area contributed by atoms with Crippen LogP contribution in [-0.2, 0) is 20.7 Å². The zero-order valence-corrected chi connectivity index (χ0v) is 17.3. The number of aryl methyl sites for hydroxylation is 1. The zero-order valence-electron chi connectivity index (χ0n) is 17.3. The molecule has 1 saturated heterocycles. The molecule has 0 unspecified atom stereocenters. The van der Waals surface area contributed by atoms with Crippen LogP contribution in [-0.4, -0.2) is 56.2 Å². The highest BCUT2D eigenvalue weighted by Gasteiger charge is 2.27. The Kier molecular flexibility index (Phi) is 6.75. The molecule has 29 heavy (non-hydrogen) atoms. The number of nitrogens with zero attached hydrogens (tertiary/aromatic N) is 2. The number of para-hydroxylation sites is 1. The molecular formula is C23H28N2O4. The van der Waals surface area contributed by atoms with Crippen molar-refractivity contribution < 1.29 is 19.1 Å². The summed E-state index contributed by atoms with van der Waals surface area (Å²) < 4.78 is 10.7. The van der Waals surface area contributed by atoms with Crippen molar-refractivity contribution >= 4 is 17.6 Å². The van der Waals surface area contributed by atoms with E-state index in [-0.39, 0.29) is 12.3 Å². The quantitative estimate of drug-likeness (QED) is 0.703. The number of rotatable bonds is 6. The lowest BCUT2D eigenvalue weighted by Gasteiger charge is -2.37. The Morgan fingerprint density at radius 1 is 1.03 bits per heavy atom. The van der Waals surface area contributed by atoms with Crippen molar-refractivity contribution in [1.82, 2.24) is 4.90 Å². The molecule has 0 aliphatic carbocycles. The van der Waals surface area contributed by atoms with Crippen molar-refractivity contribution in [2.24, 2.45) is 0 Å². The molecule has 6 nitrogen and oxygen atoms in total. The summed E-state index contributed by atoms with van der Waals surface area (Å²) in [5, 5.41) is 0. The van der Waals surface area contributed by atoms with Crippen molar-refractivity contribution in [3.63, 3.8) is 0 Å². The van der Waals surface area contributed by atoms with Crippen LogP contribution >= 0.6 is 0 Å². The molecule has 2 aromatic rings. The maximum atomic E-state index is 12.7. The van der Waals surface area contributed by atoms with Crippen LogP contribution in [0.4, 0.5) is 5.69 Å². The monoisotopic (exact) mass is 396 g/mol. The number of esters is 1. The minimum Gasteiger partial charge on any atom is -0.496 e. The third kappa shape index (κ3) is 5.28. The number of methoxy groups -OCH3 is 1. The zero-order chi connectivity index (χ0) is 20.8. The number of carbonyl (C=O) groups is 2. The van der Waals surface area contributed by atoms with E-state index in [1.807, 2.05) is 43.3 Å². The summed E-state index contributed by atoms with van der Waals surface area (Å²) in [6.07, 6.45) is -0.730. The number of anilines is 1. The van der Waals surface area contributed by atoms with Crippen LogP contribution in [0.5, 0.6) is 5.75 Å². The highest BCUT2D eigenvalue weighted by atomic mass is 16.5. The number of benzene rings is 2. The molecule has 0 spiro atoms. The van der Waals surface area contributed by atoms with E-state index >= 15 is 0 Å². The SMILES string of the molecule is COc1ccc(C)cc1CC(=O)O[C@H](C)C(=O)N1CCN(c2ccccc2)CC1. The third-order valence-corrected chi connectivity index (χ3v) is 5.14. The third-order valence-electron chi connectivity index (χ3n) is 5.14. The number of piperazine rings is 1. The van der Waals surface area contributed by atoms with E-state index in [1.54, 1.807) is 18.9 Å². The largest absolute Gasteiger partial charge is 0.496 e. The van der Waals surface area contributed by atoms with Gasteiger partial charge >= 0.3 is 5.97 Å². The van der Waals surface area contributed by atoms with E-state index < -0.39 is 12.1 Å². The van der Waals surface area contributed by atoms with Gasteiger partial charge in [0.25, 0.3) is 5.91 Å². The Hall–Kier alpha value is -3.02. The molecule has 6 heteroatoms. The topological polar surface area (TPSA) is 59.1 Å². The van der Waals surface area contributed by atoms with E-state index in [9.17, 15) is 9.59 Å². The number of hydrogen-bond acceptors (Lipinski definition) is 5. The summed E-state index contributed by atoms with van der Waals surface area (Å²) in [5.41, 5.74) is 2.95. The van der Waals surface area contributed by atoms with Gasteiger partial charge < -0.3 is 19.3 Å². The van der Waals surface area contributed by atoms with Crippen molar-refractivity contribution in [3.05, 3.63) is 59.7 Å². The molecule has 0 saturated carbocycles. The fraction of sp³-hybridized carbons (Fsp3) is 0.391. The van der Waals surface area contributed by atoms with Crippen LogP contribution in [0.25, 0.3) is 0 Å². The lowest BCUT2D eigenvalue weighted by atomic mass is 10.1. The molecule has 1 aliphatic heterocycles. The average Bonchev–Trinajstić information content (AvgIpc) is 2.74. The van der Waals surface area contributed by atoms with Crippen LogP contribution in [0.1, 0.15) is 18.1 Å². The van der Waals surface area contributed by atoms with Gasteiger partial charge in [0.2, 0.25) is 0 Å². The Morgan fingerprint density at radius 3 is 2.38 bits per heavy atom. The number of carbonyl (C=O) groups excluding carboxylic acids is 2. The van der Waals surface area contributed by atoms with Gasteiger partial charge in [0, 0.05) is 37.4 Å². The molecule has 1 amide bonds. The molecule has 0 bridgehead atoms. The van der Waals surface area contributed by atoms with Gasteiger partial charge in [0.1, 0.15) is 5.75 Å². The van der Waals surface area contributed by atoms with E-state index in [0.29, 0.717) is 18.8 Å². The predicted octanol–water partition coefficient (Wildman–Crippen LogP) is 2.83. The Labute approximate surface area is 172 Å². The van der Waals surface area contributed by atoms with Crippen LogP contribution in [0, 0.1) is 6.92 Å².